The van der Waals surface area contributed by atoms with Gasteiger partial charge in [-0.25, -0.2) is 0 Å². The summed E-state index contributed by atoms with van der Waals surface area (Å²) in [6, 6.07) is 0. The van der Waals surface area contributed by atoms with E-state index >= 15 is 0 Å². The Labute approximate surface area is 49.3 Å². The predicted molar refractivity (Wildman–Crippen MR) is 31.7 cm³/mol. The number of hydrogen-bond donors (Lipinski definition) is 0. The summed E-state index contributed by atoms with van der Waals surface area (Å²) in [5.41, 5.74) is 1.51. The van der Waals surface area contributed by atoms with Crippen LogP contribution in [0.4, 0.5) is 0 Å². The van der Waals surface area contributed by atoms with Crippen LogP contribution in [-0.4, -0.2) is 12.2 Å². The van der Waals surface area contributed by atoms with E-state index in [1.165, 1.54) is 18.4 Å². The fourth-order valence-corrected chi connectivity index (χ4v) is 1.48. The molecule has 3 rings (SSSR count). The van der Waals surface area contributed by atoms with Crippen molar-refractivity contribution in [2.75, 3.05) is 0 Å². The van der Waals surface area contributed by atoms with Crippen LogP contribution in [0.5, 0.6) is 0 Å². The van der Waals surface area contributed by atoms with E-state index in [9.17, 15) is 0 Å². The van der Waals surface area contributed by atoms with Crippen molar-refractivity contribution in [2.45, 2.75) is 32.0 Å². The van der Waals surface area contributed by atoms with Gasteiger partial charge in [0.2, 0.25) is 0 Å². The molecule has 2 unspecified atom stereocenters. The molecule has 2 atom stereocenters. The average molecular weight is 110 g/mol. The van der Waals surface area contributed by atoms with E-state index in [-0.39, 0.29) is 0 Å². The Hall–Kier alpha value is -0.300. The van der Waals surface area contributed by atoms with Crippen LogP contribution >= 0.6 is 0 Å². The number of rotatable bonds is 0. The molecule has 0 aromatic carbocycles. The predicted octanol–water partition coefficient (Wildman–Crippen LogP) is 1.49. The molecule has 1 nitrogen and oxygen atoms in total. The van der Waals surface area contributed by atoms with Crippen LogP contribution in [0.2, 0.25) is 0 Å². The first-order valence-corrected chi connectivity index (χ1v) is 3.17. The summed E-state index contributed by atoms with van der Waals surface area (Å²) in [6.45, 7) is 2.18. The zero-order valence-corrected chi connectivity index (χ0v) is 5.05. The highest BCUT2D eigenvalue weighted by atomic mass is 16.5. The van der Waals surface area contributed by atoms with Gasteiger partial charge in [-0.1, -0.05) is 11.6 Å². The Morgan fingerprint density at radius 2 is 2.50 bits per heavy atom. The van der Waals surface area contributed by atoms with Gasteiger partial charge >= 0.3 is 0 Å². The van der Waals surface area contributed by atoms with Crippen LogP contribution in [0.1, 0.15) is 19.8 Å². The van der Waals surface area contributed by atoms with Gasteiger partial charge in [0.05, 0.1) is 12.2 Å². The smallest absolute Gasteiger partial charge is 0.0787 e. The fourth-order valence-electron chi connectivity index (χ4n) is 1.48. The zero-order valence-electron chi connectivity index (χ0n) is 5.05. The maximum absolute atomic E-state index is 5.37. The summed E-state index contributed by atoms with van der Waals surface area (Å²) < 4.78 is 5.37. The first-order chi connectivity index (χ1) is 3.84. The summed E-state index contributed by atoms with van der Waals surface area (Å²) in [4.78, 5) is 0. The minimum Gasteiger partial charge on any atom is -0.370 e. The van der Waals surface area contributed by atoms with Crippen LogP contribution in [0.15, 0.2) is 11.6 Å². The lowest BCUT2D eigenvalue weighted by molar-refractivity contribution is -0.106. The molecule has 44 valence electrons. The first-order valence-electron chi connectivity index (χ1n) is 3.17. The van der Waals surface area contributed by atoms with Gasteiger partial charge in [0.15, 0.2) is 0 Å². The number of fused-ring (bicyclic) bond motifs is 1. The van der Waals surface area contributed by atoms with Crippen LogP contribution in [0.3, 0.4) is 0 Å². The molecule has 2 heterocycles. The van der Waals surface area contributed by atoms with Gasteiger partial charge in [-0.2, -0.15) is 0 Å². The van der Waals surface area contributed by atoms with Crippen molar-refractivity contribution in [3.8, 4) is 0 Å². The molecule has 1 heteroatoms. The van der Waals surface area contributed by atoms with Gasteiger partial charge in [0.25, 0.3) is 0 Å². The molecule has 2 aliphatic heterocycles. The molecule has 0 amide bonds. The first kappa shape index (κ1) is 4.57. The van der Waals surface area contributed by atoms with Crippen LogP contribution in [0, 0.1) is 0 Å². The molecular formula is C7H10O. The van der Waals surface area contributed by atoms with E-state index in [2.05, 4.69) is 13.0 Å². The van der Waals surface area contributed by atoms with Crippen molar-refractivity contribution >= 4 is 0 Å². The van der Waals surface area contributed by atoms with E-state index in [4.69, 9.17) is 4.74 Å². The molecule has 0 aromatic rings. The molecule has 1 aliphatic carbocycles. The third-order valence-electron chi connectivity index (χ3n) is 1.88. The quantitative estimate of drug-likeness (QED) is 0.429. The lowest BCUT2D eigenvalue weighted by Gasteiger charge is -2.39. The third kappa shape index (κ3) is 0.511. The van der Waals surface area contributed by atoms with Crippen LogP contribution in [0.25, 0.3) is 0 Å². The molecule has 1 fully saturated rings. The van der Waals surface area contributed by atoms with E-state index in [1.807, 2.05) is 0 Å². The van der Waals surface area contributed by atoms with Crippen molar-refractivity contribution in [3.63, 3.8) is 0 Å². The Kier molecular flexibility index (Phi) is 0.770. The summed E-state index contributed by atoms with van der Waals surface area (Å²) in [6.07, 6.45) is 5.77. The molecule has 0 aromatic heterocycles. The standard InChI is InChI=1S/C7H10O/c1-5-2-6-4-7(3-5)8-6/h2,6-7H,3-4H2,1H3. The highest BCUT2D eigenvalue weighted by molar-refractivity contribution is 5.13. The minimum absolute atomic E-state index is 0.494. The average Bonchev–Trinajstić information content (AvgIpc) is 1.62. The molecule has 3 aliphatic rings. The molecular weight excluding hydrogens is 100 g/mol. The Balaban J connectivity index is 2.19. The fraction of sp³-hybridized carbons (Fsp3) is 0.714. The third-order valence-corrected chi connectivity index (χ3v) is 1.88. The SMILES string of the molecule is CC1=CC2CC(C1)O2. The number of ether oxygens (including phenoxy) is 1. The topological polar surface area (TPSA) is 9.23 Å². The second-order valence-corrected chi connectivity index (χ2v) is 2.75. The van der Waals surface area contributed by atoms with Crippen molar-refractivity contribution in [1.29, 1.82) is 0 Å². The van der Waals surface area contributed by atoms with Crippen LogP contribution in [-0.2, 0) is 4.74 Å². The second kappa shape index (κ2) is 1.35. The van der Waals surface area contributed by atoms with Crippen molar-refractivity contribution in [2.24, 2.45) is 0 Å². The number of hydrogen-bond acceptors (Lipinski definition) is 1. The van der Waals surface area contributed by atoms with Crippen molar-refractivity contribution in [1.82, 2.24) is 0 Å². The molecule has 8 heavy (non-hydrogen) atoms. The second-order valence-electron chi connectivity index (χ2n) is 2.75. The highest BCUT2D eigenvalue weighted by Gasteiger charge is 2.32. The van der Waals surface area contributed by atoms with E-state index in [0.717, 1.165) is 0 Å². The van der Waals surface area contributed by atoms with Gasteiger partial charge in [0.1, 0.15) is 0 Å². The maximum Gasteiger partial charge on any atom is 0.0787 e. The molecule has 0 radical (unpaired) electrons. The molecule has 0 N–H and O–H groups in total. The largest absolute Gasteiger partial charge is 0.370 e. The summed E-state index contributed by atoms with van der Waals surface area (Å²) >= 11 is 0. The molecule has 1 saturated heterocycles. The summed E-state index contributed by atoms with van der Waals surface area (Å²) in [5.74, 6) is 0. The molecule has 2 bridgehead atoms. The van der Waals surface area contributed by atoms with Crippen LogP contribution < -0.4 is 0 Å². The Morgan fingerprint density at radius 1 is 1.75 bits per heavy atom. The normalized spacial score (nSPS) is 42.9. The van der Waals surface area contributed by atoms with Gasteiger partial charge in [-0.05, 0) is 13.3 Å². The van der Waals surface area contributed by atoms with Gasteiger partial charge in [-0.15, -0.1) is 0 Å². The lowest BCUT2D eigenvalue weighted by Crippen LogP contribution is -2.39. The Morgan fingerprint density at radius 3 is 2.75 bits per heavy atom. The molecule has 0 saturated carbocycles. The van der Waals surface area contributed by atoms with E-state index < -0.39 is 0 Å². The van der Waals surface area contributed by atoms with Gasteiger partial charge < -0.3 is 4.74 Å². The van der Waals surface area contributed by atoms with Crippen molar-refractivity contribution < 1.29 is 4.74 Å². The monoisotopic (exact) mass is 110 g/mol. The van der Waals surface area contributed by atoms with E-state index in [0.29, 0.717) is 12.2 Å². The Bertz CT molecular complexity index is 131. The molecule has 0 spiro atoms. The maximum atomic E-state index is 5.37. The highest BCUT2D eigenvalue weighted by Crippen LogP contribution is 2.32. The minimum atomic E-state index is 0.494. The zero-order chi connectivity index (χ0) is 5.56. The summed E-state index contributed by atoms with van der Waals surface area (Å²) in [5, 5.41) is 0. The lowest BCUT2D eigenvalue weighted by atomic mass is 9.90. The van der Waals surface area contributed by atoms with E-state index in [1.54, 1.807) is 0 Å². The summed E-state index contributed by atoms with van der Waals surface area (Å²) in [7, 11) is 0. The van der Waals surface area contributed by atoms with Crippen molar-refractivity contribution in [3.05, 3.63) is 11.6 Å². The van der Waals surface area contributed by atoms with Gasteiger partial charge in [0, 0.05) is 6.42 Å². The van der Waals surface area contributed by atoms with Gasteiger partial charge in [-0.3, -0.25) is 0 Å².